The zero-order valence-electron chi connectivity index (χ0n) is 17.9. The second-order valence-electron chi connectivity index (χ2n) is 8.82. The fourth-order valence-corrected chi connectivity index (χ4v) is 4.94. The number of rotatable bonds is 2. The average Bonchev–Trinajstić information content (AvgIpc) is 2.89. The molecule has 3 atom stereocenters. The van der Waals surface area contributed by atoms with Crippen molar-refractivity contribution in [2.45, 2.75) is 51.3 Å². The Kier molecular flexibility index (Phi) is 4.98. The van der Waals surface area contributed by atoms with E-state index < -0.39 is 5.79 Å². The maximum Gasteiger partial charge on any atom is 0.163 e. The van der Waals surface area contributed by atoms with Gasteiger partial charge in [-0.2, -0.15) is 0 Å². The van der Waals surface area contributed by atoms with Crippen molar-refractivity contribution in [2.75, 3.05) is 6.61 Å². The van der Waals surface area contributed by atoms with E-state index in [9.17, 15) is 0 Å². The van der Waals surface area contributed by atoms with Crippen LogP contribution in [0.4, 0.5) is 0 Å². The number of benzene rings is 3. The lowest BCUT2D eigenvalue weighted by Crippen LogP contribution is -2.52. The minimum atomic E-state index is -0.595. The van der Waals surface area contributed by atoms with Gasteiger partial charge in [-0.25, -0.2) is 0 Å². The smallest absolute Gasteiger partial charge is 0.163 e. The van der Waals surface area contributed by atoms with E-state index >= 15 is 0 Å². The molecule has 2 aliphatic heterocycles. The number of fused-ring (bicyclic) bond motifs is 3. The lowest BCUT2D eigenvalue weighted by atomic mass is 9.94. The van der Waals surface area contributed by atoms with Crippen LogP contribution in [0, 0.1) is 0 Å². The van der Waals surface area contributed by atoms with Gasteiger partial charge < -0.3 is 9.47 Å². The van der Waals surface area contributed by atoms with Crippen molar-refractivity contribution >= 4 is 0 Å². The number of hydrogen-bond donors (Lipinski definition) is 0. The predicted octanol–water partition coefficient (Wildman–Crippen LogP) is 6.12. The Morgan fingerprint density at radius 3 is 2.30 bits per heavy atom. The van der Waals surface area contributed by atoms with E-state index in [2.05, 4.69) is 90.7 Å². The summed E-state index contributed by atoms with van der Waals surface area (Å²) in [7, 11) is 0. The van der Waals surface area contributed by atoms with Crippen molar-refractivity contribution in [3.63, 3.8) is 0 Å². The molecule has 0 amide bonds. The van der Waals surface area contributed by atoms with Crippen molar-refractivity contribution < 1.29 is 9.47 Å². The summed E-state index contributed by atoms with van der Waals surface area (Å²) in [6.07, 6.45) is -0.0465. The maximum atomic E-state index is 6.53. The Balaban J connectivity index is 1.60. The zero-order valence-corrected chi connectivity index (χ0v) is 17.9. The average molecular weight is 400 g/mol. The summed E-state index contributed by atoms with van der Waals surface area (Å²) in [6, 6.07) is 28.5. The first-order valence-corrected chi connectivity index (χ1v) is 10.8. The van der Waals surface area contributed by atoms with Crippen LogP contribution in [0.15, 0.2) is 78.9 Å². The van der Waals surface area contributed by atoms with Crippen molar-refractivity contribution in [1.29, 1.82) is 0 Å². The maximum absolute atomic E-state index is 6.53. The van der Waals surface area contributed by atoms with Gasteiger partial charge in [0.05, 0.1) is 12.6 Å². The normalized spacial score (nSPS) is 25.8. The lowest BCUT2D eigenvalue weighted by Gasteiger charge is -2.47. The Bertz CT molecular complexity index is 1030. The van der Waals surface area contributed by atoms with Gasteiger partial charge in [0, 0.05) is 12.6 Å². The van der Waals surface area contributed by atoms with Crippen molar-refractivity contribution in [3.05, 3.63) is 95.6 Å². The van der Waals surface area contributed by atoms with E-state index in [4.69, 9.17) is 9.47 Å². The third-order valence-electron chi connectivity index (χ3n) is 6.48. The van der Waals surface area contributed by atoms with E-state index in [0.717, 1.165) is 6.54 Å². The molecule has 0 spiro atoms. The molecule has 0 N–H and O–H groups in total. The molecule has 0 unspecified atom stereocenters. The molecule has 2 aliphatic rings. The van der Waals surface area contributed by atoms with E-state index in [1.165, 1.54) is 27.8 Å². The second kappa shape index (κ2) is 7.66. The monoisotopic (exact) mass is 399 g/mol. The molecule has 2 heterocycles. The van der Waals surface area contributed by atoms with Crippen LogP contribution in [-0.2, 0) is 16.0 Å². The van der Waals surface area contributed by atoms with Gasteiger partial charge in [0.2, 0.25) is 0 Å². The van der Waals surface area contributed by atoms with E-state index in [1.807, 2.05) is 13.8 Å². The van der Waals surface area contributed by atoms with Crippen LogP contribution in [0.1, 0.15) is 49.6 Å². The first-order valence-electron chi connectivity index (χ1n) is 10.8. The molecule has 154 valence electrons. The topological polar surface area (TPSA) is 21.7 Å². The highest BCUT2D eigenvalue weighted by atomic mass is 16.7. The first-order chi connectivity index (χ1) is 14.5. The summed E-state index contributed by atoms with van der Waals surface area (Å²) < 4.78 is 12.7. The third kappa shape index (κ3) is 3.47. The van der Waals surface area contributed by atoms with Crippen LogP contribution >= 0.6 is 0 Å². The second-order valence-corrected chi connectivity index (χ2v) is 8.82. The van der Waals surface area contributed by atoms with Crippen LogP contribution in [0.5, 0.6) is 0 Å². The van der Waals surface area contributed by atoms with Crippen LogP contribution in [-0.4, -0.2) is 23.3 Å². The van der Waals surface area contributed by atoms with Gasteiger partial charge in [-0.15, -0.1) is 0 Å². The number of nitrogens with zero attached hydrogens (tertiary/aromatic N) is 1. The highest BCUT2D eigenvalue weighted by molar-refractivity contribution is 5.72. The Morgan fingerprint density at radius 2 is 1.50 bits per heavy atom. The van der Waals surface area contributed by atoms with Gasteiger partial charge in [0.15, 0.2) is 5.79 Å². The van der Waals surface area contributed by atoms with Crippen molar-refractivity contribution in [3.8, 4) is 11.1 Å². The molecule has 5 rings (SSSR count). The summed E-state index contributed by atoms with van der Waals surface area (Å²) in [5, 5.41) is 0. The minimum absolute atomic E-state index is 0.0465. The molecular formula is C27H29NO2. The largest absolute Gasteiger partial charge is 0.349 e. The molecule has 1 fully saturated rings. The van der Waals surface area contributed by atoms with Crippen LogP contribution in [0.3, 0.4) is 0 Å². The highest BCUT2D eigenvalue weighted by Gasteiger charge is 2.42. The highest BCUT2D eigenvalue weighted by Crippen LogP contribution is 2.43. The van der Waals surface area contributed by atoms with Crippen LogP contribution in [0.2, 0.25) is 0 Å². The summed E-state index contributed by atoms with van der Waals surface area (Å²) in [5.41, 5.74) is 6.58. The molecule has 0 aliphatic carbocycles. The van der Waals surface area contributed by atoms with Crippen molar-refractivity contribution in [2.24, 2.45) is 0 Å². The molecule has 3 heteroatoms. The van der Waals surface area contributed by atoms with Gasteiger partial charge in [0.25, 0.3) is 0 Å². The third-order valence-corrected chi connectivity index (χ3v) is 6.48. The molecule has 30 heavy (non-hydrogen) atoms. The fraction of sp³-hybridized carbons (Fsp3) is 0.333. The number of hydrogen-bond acceptors (Lipinski definition) is 3. The van der Waals surface area contributed by atoms with Gasteiger partial charge >= 0.3 is 0 Å². The van der Waals surface area contributed by atoms with E-state index in [-0.39, 0.29) is 18.2 Å². The predicted molar refractivity (Wildman–Crippen MR) is 120 cm³/mol. The van der Waals surface area contributed by atoms with Crippen LogP contribution in [0.25, 0.3) is 11.1 Å². The van der Waals surface area contributed by atoms with E-state index in [0.29, 0.717) is 6.61 Å². The Morgan fingerprint density at radius 1 is 0.833 bits per heavy atom. The van der Waals surface area contributed by atoms with Gasteiger partial charge in [-0.3, -0.25) is 4.90 Å². The molecule has 1 saturated heterocycles. The quantitative estimate of drug-likeness (QED) is 0.518. The lowest BCUT2D eigenvalue weighted by molar-refractivity contribution is -0.299. The Hall–Kier alpha value is -2.46. The molecule has 3 nitrogen and oxygen atoms in total. The molecule has 3 aromatic rings. The molecule has 0 saturated carbocycles. The summed E-state index contributed by atoms with van der Waals surface area (Å²) in [4.78, 5) is 2.57. The van der Waals surface area contributed by atoms with Crippen LogP contribution < -0.4 is 0 Å². The first kappa shape index (κ1) is 19.5. The van der Waals surface area contributed by atoms with E-state index in [1.54, 1.807) is 0 Å². The van der Waals surface area contributed by atoms with Gasteiger partial charge in [0.1, 0.15) is 6.10 Å². The Labute approximate surface area is 179 Å². The molecule has 3 aromatic carbocycles. The summed E-state index contributed by atoms with van der Waals surface area (Å²) in [6.45, 7) is 7.84. The molecule has 0 radical (unpaired) electrons. The van der Waals surface area contributed by atoms with Gasteiger partial charge in [-0.05, 0) is 48.6 Å². The summed E-state index contributed by atoms with van der Waals surface area (Å²) in [5.74, 6) is -0.595. The molecule has 0 bridgehead atoms. The standard InChI is InChI=1S/C27H29NO2/c1-19-22-14-9-10-16-24(22)23-15-8-7-13-21(23)17-28(19)25-18-29-27(2,3)30-26(25)20-11-5-4-6-12-20/h4-16,19,25-26H,17-18H2,1-3H3/t19-,25+,26+/m1/s1. The molecular weight excluding hydrogens is 370 g/mol. The molecule has 0 aromatic heterocycles. The fourth-order valence-electron chi connectivity index (χ4n) is 4.94. The zero-order chi connectivity index (χ0) is 20.7. The van der Waals surface area contributed by atoms with Gasteiger partial charge in [-0.1, -0.05) is 78.9 Å². The number of ether oxygens (including phenoxy) is 2. The van der Waals surface area contributed by atoms with Crippen molar-refractivity contribution in [1.82, 2.24) is 4.90 Å². The SMILES string of the molecule is C[C@@H]1c2ccccc2-c2ccccc2CN1[C@H]1COC(C)(C)O[C@H]1c1ccccc1. The summed E-state index contributed by atoms with van der Waals surface area (Å²) >= 11 is 0. The minimum Gasteiger partial charge on any atom is -0.349 e.